The first kappa shape index (κ1) is 10.4. The van der Waals surface area contributed by atoms with Crippen molar-refractivity contribution >= 4 is 11.4 Å². The summed E-state index contributed by atoms with van der Waals surface area (Å²) < 4.78 is 4.57. The molecule has 0 unspecified atom stereocenters. The van der Waals surface area contributed by atoms with Gasteiger partial charge >= 0.3 is 5.63 Å². The molecule has 0 aliphatic heterocycles. The summed E-state index contributed by atoms with van der Waals surface area (Å²) in [5.74, 6) is 0. The van der Waals surface area contributed by atoms with Gasteiger partial charge in [0.15, 0.2) is 5.69 Å². The number of benzene rings is 1. The van der Waals surface area contributed by atoms with Gasteiger partial charge in [0.25, 0.3) is 0 Å². The Morgan fingerprint density at radius 3 is 2.38 bits per heavy atom. The van der Waals surface area contributed by atoms with Gasteiger partial charge in [0.05, 0.1) is 11.4 Å². The summed E-state index contributed by atoms with van der Waals surface area (Å²) >= 11 is 0. The van der Waals surface area contributed by atoms with Crippen LogP contribution in [0.25, 0.3) is 0 Å². The van der Waals surface area contributed by atoms with Gasteiger partial charge in [-0.1, -0.05) is 17.7 Å². The van der Waals surface area contributed by atoms with E-state index in [1.54, 1.807) is 6.92 Å². The minimum absolute atomic E-state index is 0.209. The molecule has 0 aliphatic rings. The first-order valence-corrected chi connectivity index (χ1v) is 4.83. The first-order valence-electron chi connectivity index (χ1n) is 4.83. The molecule has 0 saturated heterocycles. The van der Waals surface area contributed by atoms with E-state index in [9.17, 15) is 4.79 Å². The van der Waals surface area contributed by atoms with Gasteiger partial charge in [-0.15, -0.1) is 5.11 Å². The van der Waals surface area contributed by atoms with Gasteiger partial charge in [0, 0.05) is 0 Å². The Balaban J connectivity index is 2.28. The van der Waals surface area contributed by atoms with Gasteiger partial charge < -0.3 is 4.52 Å². The highest BCUT2D eigenvalue weighted by Crippen LogP contribution is 2.17. The number of H-pyrrole nitrogens is 1. The molecule has 2 rings (SSSR count). The van der Waals surface area contributed by atoms with Gasteiger partial charge in [-0.3, -0.25) is 0 Å². The van der Waals surface area contributed by atoms with Crippen molar-refractivity contribution < 1.29 is 4.52 Å². The topological polar surface area (TPSA) is 70.7 Å². The Morgan fingerprint density at radius 2 is 1.81 bits per heavy atom. The highest BCUT2D eigenvalue weighted by Gasteiger charge is 2.06. The average molecular weight is 217 g/mol. The molecular formula is C11H11N3O2. The van der Waals surface area contributed by atoms with Crippen molar-refractivity contribution in [2.24, 2.45) is 10.2 Å². The number of azo groups is 1. The van der Waals surface area contributed by atoms with Crippen molar-refractivity contribution in [3.05, 3.63) is 45.9 Å². The second kappa shape index (κ2) is 4.14. The largest absolute Gasteiger partial charge is 0.384 e. The van der Waals surface area contributed by atoms with Crippen molar-refractivity contribution in [1.29, 1.82) is 0 Å². The summed E-state index contributed by atoms with van der Waals surface area (Å²) in [6, 6.07) is 7.53. The SMILES string of the molecule is Cc1ccc(N=Nc2c(C)[nH]oc2=O)cc1. The van der Waals surface area contributed by atoms with E-state index in [-0.39, 0.29) is 5.69 Å². The van der Waals surface area contributed by atoms with Gasteiger partial charge in [0.1, 0.15) is 0 Å². The van der Waals surface area contributed by atoms with Crippen LogP contribution in [0.3, 0.4) is 0 Å². The lowest BCUT2D eigenvalue weighted by molar-refractivity contribution is 0.388. The number of aromatic nitrogens is 1. The molecule has 0 saturated carbocycles. The Labute approximate surface area is 91.8 Å². The van der Waals surface area contributed by atoms with Crippen molar-refractivity contribution in [2.75, 3.05) is 0 Å². The molecule has 0 atom stereocenters. The molecule has 0 bridgehead atoms. The summed E-state index contributed by atoms with van der Waals surface area (Å²) in [6.07, 6.45) is 0. The zero-order chi connectivity index (χ0) is 11.5. The maximum absolute atomic E-state index is 11.2. The van der Waals surface area contributed by atoms with Crippen LogP contribution in [0.15, 0.2) is 43.8 Å². The molecule has 0 radical (unpaired) electrons. The van der Waals surface area contributed by atoms with Crippen LogP contribution in [-0.2, 0) is 0 Å². The van der Waals surface area contributed by atoms with Crippen LogP contribution >= 0.6 is 0 Å². The summed E-state index contributed by atoms with van der Waals surface area (Å²) in [4.78, 5) is 11.2. The number of rotatable bonds is 2. The summed E-state index contributed by atoms with van der Waals surface area (Å²) in [5.41, 5.74) is 2.12. The Morgan fingerprint density at radius 1 is 1.12 bits per heavy atom. The lowest BCUT2D eigenvalue weighted by atomic mass is 10.2. The quantitative estimate of drug-likeness (QED) is 0.785. The summed E-state index contributed by atoms with van der Waals surface area (Å²) in [6.45, 7) is 3.69. The maximum Gasteiger partial charge on any atom is 0.384 e. The molecule has 2 aromatic rings. The molecule has 0 fully saturated rings. The van der Waals surface area contributed by atoms with Crippen LogP contribution < -0.4 is 5.63 Å². The van der Waals surface area contributed by atoms with Gasteiger partial charge in [-0.2, -0.15) is 5.11 Å². The Hall–Kier alpha value is -2.17. The van der Waals surface area contributed by atoms with E-state index in [1.807, 2.05) is 31.2 Å². The van der Waals surface area contributed by atoms with Crippen molar-refractivity contribution in [3.63, 3.8) is 0 Å². The van der Waals surface area contributed by atoms with Gasteiger partial charge in [0.2, 0.25) is 0 Å². The van der Waals surface area contributed by atoms with Crippen LogP contribution in [0.1, 0.15) is 11.3 Å². The van der Waals surface area contributed by atoms with Crippen LogP contribution in [0.4, 0.5) is 11.4 Å². The van der Waals surface area contributed by atoms with Crippen LogP contribution in [0.2, 0.25) is 0 Å². The zero-order valence-electron chi connectivity index (χ0n) is 9.02. The van der Waals surface area contributed by atoms with Gasteiger partial charge in [-0.25, -0.2) is 9.95 Å². The second-order valence-corrected chi connectivity index (χ2v) is 3.50. The summed E-state index contributed by atoms with van der Waals surface area (Å²) in [5, 5.41) is 10.3. The van der Waals surface area contributed by atoms with Crippen molar-refractivity contribution in [3.8, 4) is 0 Å². The third-order valence-electron chi connectivity index (χ3n) is 2.14. The molecule has 5 nitrogen and oxygen atoms in total. The first-order chi connectivity index (χ1) is 7.66. The predicted octanol–water partition coefficient (Wildman–Crippen LogP) is 3.00. The molecule has 0 amide bonds. The third-order valence-corrected chi connectivity index (χ3v) is 2.14. The van der Waals surface area contributed by atoms with E-state index < -0.39 is 5.63 Å². The molecule has 1 heterocycles. The highest BCUT2D eigenvalue weighted by atomic mass is 16.5. The van der Waals surface area contributed by atoms with E-state index in [1.165, 1.54) is 0 Å². The molecule has 82 valence electrons. The van der Waals surface area contributed by atoms with Gasteiger partial charge in [-0.05, 0) is 26.0 Å². The predicted molar refractivity (Wildman–Crippen MR) is 59.4 cm³/mol. The molecule has 0 spiro atoms. The number of hydrogen-bond donors (Lipinski definition) is 1. The van der Waals surface area contributed by atoms with E-state index >= 15 is 0 Å². The van der Waals surface area contributed by atoms with E-state index in [2.05, 4.69) is 19.9 Å². The van der Waals surface area contributed by atoms with E-state index in [0.29, 0.717) is 11.4 Å². The highest BCUT2D eigenvalue weighted by molar-refractivity contribution is 5.41. The van der Waals surface area contributed by atoms with Crippen molar-refractivity contribution in [2.45, 2.75) is 13.8 Å². The van der Waals surface area contributed by atoms with Crippen LogP contribution in [0.5, 0.6) is 0 Å². The minimum atomic E-state index is -0.506. The van der Waals surface area contributed by atoms with Crippen molar-refractivity contribution in [1.82, 2.24) is 5.16 Å². The normalized spacial score (nSPS) is 11.1. The molecule has 16 heavy (non-hydrogen) atoms. The van der Waals surface area contributed by atoms with E-state index in [0.717, 1.165) is 5.56 Å². The molecule has 0 aliphatic carbocycles. The minimum Gasteiger partial charge on any atom is -0.336 e. The lowest BCUT2D eigenvalue weighted by Crippen LogP contribution is -1.89. The zero-order valence-corrected chi connectivity index (χ0v) is 9.02. The number of aryl methyl sites for hydroxylation is 2. The summed E-state index contributed by atoms with van der Waals surface area (Å²) in [7, 11) is 0. The molecule has 5 heteroatoms. The fourth-order valence-corrected chi connectivity index (χ4v) is 1.21. The Bertz CT molecular complexity index is 564. The maximum atomic E-state index is 11.2. The average Bonchev–Trinajstić information content (AvgIpc) is 2.59. The molecule has 1 aromatic heterocycles. The number of hydrogen-bond acceptors (Lipinski definition) is 4. The number of aromatic amines is 1. The van der Waals surface area contributed by atoms with E-state index in [4.69, 9.17) is 0 Å². The monoisotopic (exact) mass is 217 g/mol. The van der Waals surface area contributed by atoms with Crippen LogP contribution in [0, 0.1) is 13.8 Å². The Kier molecular flexibility index (Phi) is 2.68. The second-order valence-electron chi connectivity index (χ2n) is 3.50. The molecule has 1 aromatic carbocycles. The fraction of sp³-hybridized carbons (Fsp3) is 0.182. The fourth-order valence-electron chi connectivity index (χ4n) is 1.21. The smallest absolute Gasteiger partial charge is 0.336 e. The molecule has 1 N–H and O–H groups in total. The number of nitrogens with one attached hydrogen (secondary N) is 1. The number of nitrogens with zero attached hydrogens (tertiary/aromatic N) is 2. The molecular weight excluding hydrogens is 206 g/mol. The third kappa shape index (κ3) is 2.08. The standard InChI is InChI=1S/C11H11N3O2/c1-7-3-5-9(6-4-7)12-13-10-8(2)14-16-11(10)15/h3-6,14H,1-2H3. The lowest BCUT2D eigenvalue weighted by Gasteiger charge is -1.92. The van der Waals surface area contributed by atoms with Crippen LogP contribution in [-0.4, -0.2) is 5.16 Å².